The molecule has 2 fully saturated rings. The number of benzene rings is 1. The fourth-order valence-electron chi connectivity index (χ4n) is 4.69. The van der Waals surface area contributed by atoms with Gasteiger partial charge in [-0.25, -0.2) is 4.39 Å². The van der Waals surface area contributed by atoms with E-state index in [0.29, 0.717) is 56.8 Å². The van der Waals surface area contributed by atoms with Crippen molar-refractivity contribution < 1.29 is 23.5 Å². The smallest absolute Gasteiger partial charge is 0.305 e. The SMILES string of the molecule is CCOC(=O)CCCn1cc(/C=C2\CN(C(C(=O)C3CC3)c3ccccc3F)CCC2SC(C)=O)nn1.Cl. The first-order valence-electron chi connectivity index (χ1n) is 12.8. The highest BCUT2D eigenvalue weighted by molar-refractivity contribution is 8.14. The van der Waals surface area contributed by atoms with Crippen LogP contribution in [0.5, 0.6) is 0 Å². The number of aromatic nitrogens is 3. The minimum Gasteiger partial charge on any atom is -0.466 e. The molecule has 2 heterocycles. The standard InChI is InChI=1S/C27H33FN4O4S.ClH/c1-3-36-25(34)9-6-13-32-17-21(29-30-32)15-20-16-31(14-12-24(20)37-18(2)33)26(27(35)19-10-11-19)22-7-4-5-8-23(22)28;/h4-5,7-8,15,17,19,24,26H,3,6,9-14,16H2,1-2H3;1H/b20-15+;. The molecule has 38 heavy (non-hydrogen) atoms. The van der Waals surface area contributed by atoms with E-state index in [-0.39, 0.29) is 46.3 Å². The van der Waals surface area contributed by atoms with Crippen LogP contribution in [0, 0.1) is 11.7 Å². The Labute approximate surface area is 232 Å². The van der Waals surface area contributed by atoms with E-state index in [0.717, 1.165) is 18.4 Å². The summed E-state index contributed by atoms with van der Waals surface area (Å²) in [5.41, 5.74) is 2.00. The second kappa shape index (κ2) is 14.0. The molecule has 0 spiro atoms. The molecule has 4 rings (SSSR count). The van der Waals surface area contributed by atoms with Crippen molar-refractivity contribution >= 4 is 47.1 Å². The Morgan fingerprint density at radius 1 is 1.24 bits per heavy atom. The van der Waals surface area contributed by atoms with Gasteiger partial charge in [-0.15, -0.1) is 17.5 Å². The Kier molecular flexibility index (Phi) is 11.1. The van der Waals surface area contributed by atoms with Crippen molar-refractivity contribution in [1.29, 1.82) is 0 Å². The first kappa shape index (κ1) is 30.0. The van der Waals surface area contributed by atoms with Crippen molar-refractivity contribution in [2.24, 2.45) is 5.92 Å². The predicted octanol–water partition coefficient (Wildman–Crippen LogP) is 4.64. The van der Waals surface area contributed by atoms with Crippen LogP contribution >= 0.6 is 24.2 Å². The van der Waals surface area contributed by atoms with Crippen LogP contribution in [0.2, 0.25) is 0 Å². The van der Waals surface area contributed by atoms with Crippen LogP contribution < -0.4 is 0 Å². The number of hydrogen-bond donors (Lipinski definition) is 0. The summed E-state index contributed by atoms with van der Waals surface area (Å²) in [6.07, 6.45) is 6.97. The molecule has 0 amide bonds. The van der Waals surface area contributed by atoms with Crippen molar-refractivity contribution in [1.82, 2.24) is 19.9 Å². The number of ketones is 1. The number of esters is 1. The average Bonchev–Trinajstić information content (AvgIpc) is 3.62. The summed E-state index contributed by atoms with van der Waals surface area (Å²) >= 11 is 1.27. The Morgan fingerprint density at radius 3 is 2.68 bits per heavy atom. The van der Waals surface area contributed by atoms with E-state index >= 15 is 0 Å². The lowest BCUT2D eigenvalue weighted by Crippen LogP contribution is -2.43. The number of thioether (sulfide) groups is 1. The largest absolute Gasteiger partial charge is 0.466 e. The quantitative estimate of drug-likeness (QED) is 0.364. The van der Waals surface area contributed by atoms with Gasteiger partial charge in [-0.3, -0.25) is 24.0 Å². The summed E-state index contributed by atoms with van der Waals surface area (Å²) in [5.74, 6) is -0.565. The molecule has 1 aliphatic heterocycles. The number of halogens is 2. The highest BCUT2D eigenvalue weighted by atomic mass is 35.5. The van der Waals surface area contributed by atoms with Gasteiger partial charge in [-0.05, 0) is 50.3 Å². The first-order chi connectivity index (χ1) is 17.9. The van der Waals surface area contributed by atoms with Crippen LogP contribution in [0.4, 0.5) is 4.39 Å². The van der Waals surface area contributed by atoms with Gasteiger partial charge in [-0.1, -0.05) is 35.2 Å². The lowest BCUT2D eigenvalue weighted by molar-refractivity contribution is -0.143. The molecule has 2 aliphatic rings. The number of likely N-dealkylation sites (tertiary alicyclic amines) is 1. The summed E-state index contributed by atoms with van der Waals surface area (Å²) in [6, 6.07) is 5.84. The summed E-state index contributed by atoms with van der Waals surface area (Å²) in [6.45, 7) is 5.23. The topological polar surface area (TPSA) is 94.4 Å². The van der Waals surface area contributed by atoms with Gasteiger partial charge in [0, 0.05) is 49.7 Å². The maximum Gasteiger partial charge on any atom is 0.305 e. The molecular formula is C27H34ClFN4O4S. The second-order valence-electron chi connectivity index (χ2n) is 9.49. The van der Waals surface area contributed by atoms with Crippen LogP contribution in [0.15, 0.2) is 36.0 Å². The minimum atomic E-state index is -0.654. The van der Waals surface area contributed by atoms with Crippen LogP contribution in [-0.4, -0.2) is 61.7 Å². The van der Waals surface area contributed by atoms with Crippen LogP contribution in [-0.2, 0) is 25.7 Å². The highest BCUT2D eigenvalue weighted by Crippen LogP contribution is 2.40. The summed E-state index contributed by atoms with van der Waals surface area (Å²) in [4.78, 5) is 38.9. The van der Waals surface area contributed by atoms with E-state index < -0.39 is 6.04 Å². The predicted molar refractivity (Wildman–Crippen MR) is 146 cm³/mol. The molecule has 1 aromatic carbocycles. The molecule has 1 aliphatic carbocycles. The minimum absolute atomic E-state index is 0. The number of piperidine rings is 1. The second-order valence-corrected chi connectivity index (χ2v) is 10.9. The molecule has 0 N–H and O–H groups in total. The zero-order chi connectivity index (χ0) is 26.4. The average molecular weight is 565 g/mol. The van der Waals surface area contributed by atoms with E-state index in [1.807, 2.05) is 11.0 Å². The molecule has 0 bridgehead atoms. The van der Waals surface area contributed by atoms with Gasteiger partial charge < -0.3 is 4.74 Å². The van der Waals surface area contributed by atoms with Gasteiger partial charge in [0.15, 0.2) is 10.9 Å². The Hall–Kier alpha value is -2.56. The maximum absolute atomic E-state index is 14.8. The molecule has 206 valence electrons. The number of Topliss-reactive ketones (excluding diaryl/α,β-unsaturated/α-hetero) is 1. The molecule has 0 radical (unpaired) electrons. The number of carbonyl (C=O) groups excluding carboxylic acids is 3. The van der Waals surface area contributed by atoms with E-state index in [1.54, 1.807) is 42.9 Å². The molecular weight excluding hydrogens is 531 g/mol. The number of hydrogen-bond acceptors (Lipinski definition) is 8. The zero-order valence-corrected chi connectivity index (χ0v) is 23.3. The summed E-state index contributed by atoms with van der Waals surface area (Å²) in [7, 11) is 0. The lowest BCUT2D eigenvalue weighted by atomic mass is 9.93. The summed E-state index contributed by atoms with van der Waals surface area (Å²) < 4.78 is 21.5. The molecule has 8 nitrogen and oxygen atoms in total. The molecule has 1 saturated heterocycles. The van der Waals surface area contributed by atoms with Crippen molar-refractivity contribution in [2.75, 3.05) is 19.7 Å². The van der Waals surface area contributed by atoms with E-state index in [9.17, 15) is 18.8 Å². The third kappa shape index (κ3) is 7.97. The zero-order valence-electron chi connectivity index (χ0n) is 21.7. The number of aryl methyl sites for hydroxylation is 1. The monoisotopic (exact) mass is 564 g/mol. The Bertz CT molecular complexity index is 1170. The third-order valence-corrected chi connectivity index (χ3v) is 7.72. The van der Waals surface area contributed by atoms with Crippen molar-refractivity contribution in [3.8, 4) is 0 Å². The van der Waals surface area contributed by atoms with Crippen molar-refractivity contribution in [3.63, 3.8) is 0 Å². The Morgan fingerprint density at radius 2 is 2.00 bits per heavy atom. The summed E-state index contributed by atoms with van der Waals surface area (Å²) in [5, 5.41) is 8.38. The lowest BCUT2D eigenvalue weighted by Gasteiger charge is -2.38. The van der Waals surface area contributed by atoms with Crippen LogP contribution in [0.25, 0.3) is 6.08 Å². The van der Waals surface area contributed by atoms with Gasteiger partial charge >= 0.3 is 5.97 Å². The molecule has 1 saturated carbocycles. The number of ether oxygens (including phenoxy) is 1. The van der Waals surface area contributed by atoms with Gasteiger partial charge in [0.05, 0.1) is 18.8 Å². The van der Waals surface area contributed by atoms with Gasteiger partial charge in [0.2, 0.25) is 0 Å². The fourth-order valence-corrected chi connectivity index (χ4v) is 5.61. The molecule has 2 atom stereocenters. The van der Waals surface area contributed by atoms with Crippen molar-refractivity contribution in [2.45, 2.75) is 63.8 Å². The first-order valence-corrected chi connectivity index (χ1v) is 13.7. The molecule has 1 aromatic heterocycles. The number of carbonyl (C=O) groups is 3. The van der Waals surface area contributed by atoms with E-state index in [1.165, 1.54) is 17.8 Å². The highest BCUT2D eigenvalue weighted by Gasteiger charge is 2.41. The van der Waals surface area contributed by atoms with E-state index in [4.69, 9.17) is 4.74 Å². The van der Waals surface area contributed by atoms with E-state index in [2.05, 4.69) is 10.3 Å². The van der Waals surface area contributed by atoms with Crippen molar-refractivity contribution in [3.05, 3.63) is 53.1 Å². The van der Waals surface area contributed by atoms with Crippen LogP contribution in [0.1, 0.15) is 63.3 Å². The Balaban J connectivity index is 0.00000400. The third-order valence-electron chi connectivity index (χ3n) is 6.56. The normalized spacial score (nSPS) is 19.6. The maximum atomic E-state index is 14.8. The number of rotatable bonds is 11. The van der Waals surface area contributed by atoms with Gasteiger partial charge in [-0.2, -0.15) is 0 Å². The molecule has 11 heteroatoms. The molecule has 2 unspecified atom stereocenters. The molecule has 2 aromatic rings. The van der Waals surface area contributed by atoms with Gasteiger partial charge in [0.1, 0.15) is 11.5 Å². The van der Waals surface area contributed by atoms with Crippen LogP contribution in [0.3, 0.4) is 0 Å². The fraction of sp³-hybridized carbons (Fsp3) is 0.519. The van der Waals surface area contributed by atoms with Gasteiger partial charge in [0.25, 0.3) is 0 Å². The number of nitrogens with zero attached hydrogens (tertiary/aromatic N) is 4.